The fourth-order valence-electron chi connectivity index (χ4n) is 8.43. The largest absolute Gasteiger partial charge is 0.310 e. The van der Waals surface area contributed by atoms with Crippen LogP contribution in [-0.2, 0) is 5.41 Å². The maximum Gasteiger partial charge on any atom is 0.0543 e. The molecule has 0 fully saturated rings. The Kier molecular flexibility index (Phi) is 9.95. The Labute approximate surface area is 327 Å². The van der Waals surface area contributed by atoms with Gasteiger partial charge in [-0.25, -0.2) is 0 Å². The fraction of sp³-hybridized carbons (Fsp3) is 0.132. The van der Waals surface area contributed by atoms with Gasteiger partial charge in [-0.05, 0) is 114 Å². The SMILES string of the molecule is C=C/C(=c1/ccccc1=C)N(c1ccccc1C)c1cc2c(c(C=C)c1C=C)-c1ccc(N(/C(=C/C)c3ccccc3C)c3ccccc3C)cc1C2(C)C. The molecule has 2 nitrogen and oxygen atoms in total. The first-order valence-electron chi connectivity index (χ1n) is 19.0. The third-order valence-electron chi connectivity index (χ3n) is 11.3. The van der Waals surface area contributed by atoms with E-state index in [1.54, 1.807) is 0 Å². The van der Waals surface area contributed by atoms with Crippen LogP contribution >= 0.6 is 0 Å². The number of fused-ring (bicyclic) bond motifs is 3. The molecule has 55 heavy (non-hydrogen) atoms. The molecule has 0 atom stereocenters. The minimum absolute atomic E-state index is 0.348. The topological polar surface area (TPSA) is 6.48 Å². The summed E-state index contributed by atoms with van der Waals surface area (Å²) in [4.78, 5) is 4.76. The van der Waals surface area contributed by atoms with Crippen molar-refractivity contribution in [2.45, 2.75) is 47.0 Å². The van der Waals surface area contributed by atoms with Crippen LogP contribution in [0.2, 0.25) is 0 Å². The second-order valence-corrected chi connectivity index (χ2v) is 14.9. The predicted octanol–water partition coefficient (Wildman–Crippen LogP) is 12.9. The summed E-state index contributed by atoms with van der Waals surface area (Å²) in [5, 5.41) is 1.96. The number of benzene rings is 6. The van der Waals surface area contributed by atoms with Crippen molar-refractivity contribution in [1.29, 1.82) is 0 Å². The Morgan fingerprint density at radius 1 is 0.600 bits per heavy atom. The summed E-state index contributed by atoms with van der Waals surface area (Å²) in [6.07, 6.45) is 8.17. The normalized spacial score (nSPS) is 13.4. The van der Waals surface area contributed by atoms with Crippen LogP contribution in [0.4, 0.5) is 22.7 Å². The van der Waals surface area contributed by atoms with Crippen molar-refractivity contribution < 1.29 is 0 Å². The number of rotatable bonds is 10. The van der Waals surface area contributed by atoms with Crippen LogP contribution in [0.5, 0.6) is 0 Å². The van der Waals surface area contributed by atoms with Gasteiger partial charge in [0.2, 0.25) is 0 Å². The van der Waals surface area contributed by atoms with Gasteiger partial charge in [0, 0.05) is 44.5 Å². The summed E-state index contributed by atoms with van der Waals surface area (Å²) >= 11 is 0. The van der Waals surface area contributed by atoms with Crippen LogP contribution in [0.25, 0.3) is 41.3 Å². The molecule has 6 aromatic rings. The van der Waals surface area contributed by atoms with E-state index in [0.717, 1.165) is 61.3 Å². The number of aryl methyl sites for hydroxylation is 3. The minimum atomic E-state index is -0.348. The van der Waals surface area contributed by atoms with Crippen LogP contribution in [0, 0.1) is 20.8 Å². The summed E-state index contributed by atoms with van der Waals surface area (Å²) < 4.78 is 0. The van der Waals surface area contributed by atoms with Crippen molar-refractivity contribution in [2.75, 3.05) is 9.80 Å². The molecule has 0 spiro atoms. The van der Waals surface area contributed by atoms with E-state index in [2.05, 4.69) is 199 Å². The van der Waals surface area contributed by atoms with Gasteiger partial charge >= 0.3 is 0 Å². The molecule has 0 amide bonds. The Morgan fingerprint density at radius 3 is 1.76 bits per heavy atom. The Balaban J connectivity index is 1.51. The van der Waals surface area contributed by atoms with Gasteiger partial charge in [0.25, 0.3) is 0 Å². The van der Waals surface area contributed by atoms with E-state index < -0.39 is 0 Å². The highest BCUT2D eigenvalue weighted by Crippen LogP contribution is 2.55. The summed E-state index contributed by atoms with van der Waals surface area (Å²) in [7, 11) is 0. The molecule has 0 saturated heterocycles. The molecule has 2 heteroatoms. The van der Waals surface area contributed by atoms with E-state index in [1.807, 2.05) is 24.3 Å². The minimum Gasteiger partial charge on any atom is -0.310 e. The maximum absolute atomic E-state index is 4.42. The third-order valence-corrected chi connectivity index (χ3v) is 11.3. The van der Waals surface area contributed by atoms with Crippen LogP contribution in [0.3, 0.4) is 0 Å². The van der Waals surface area contributed by atoms with Gasteiger partial charge < -0.3 is 9.80 Å². The second kappa shape index (κ2) is 14.8. The zero-order chi connectivity index (χ0) is 39.0. The summed E-state index contributed by atoms with van der Waals surface area (Å²) in [5.74, 6) is 0. The number of anilines is 4. The molecule has 0 aliphatic heterocycles. The molecule has 0 radical (unpaired) electrons. The molecule has 1 aliphatic rings. The molecule has 6 aromatic carbocycles. The van der Waals surface area contributed by atoms with Crippen molar-refractivity contribution in [3.8, 4) is 11.1 Å². The zero-order valence-electron chi connectivity index (χ0n) is 33.1. The van der Waals surface area contributed by atoms with Gasteiger partial charge in [0.15, 0.2) is 0 Å². The summed E-state index contributed by atoms with van der Waals surface area (Å²) in [6.45, 7) is 31.0. The molecule has 272 valence electrons. The van der Waals surface area contributed by atoms with Crippen LogP contribution in [-0.4, -0.2) is 0 Å². The number of para-hydroxylation sites is 2. The van der Waals surface area contributed by atoms with E-state index >= 15 is 0 Å². The highest BCUT2D eigenvalue weighted by atomic mass is 15.2. The molecule has 0 saturated carbocycles. The average Bonchev–Trinajstić information content (AvgIpc) is 3.41. The summed E-state index contributed by atoms with van der Waals surface area (Å²) in [5.41, 5.74) is 17.9. The smallest absolute Gasteiger partial charge is 0.0543 e. The monoisotopic (exact) mass is 714 g/mol. The molecular formula is C53H50N2. The lowest BCUT2D eigenvalue weighted by Gasteiger charge is -2.33. The first-order chi connectivity index (χ1) is 26.6. The Hall–Kier alpha value is -6.38. The molecule has 1 aliphatic carbocycles. The zero-order valence-corrected chi connectivity index (χ0v) is 33.1. The van der Waals surface area contributed by atoms with Gasteiger partial charge in [0.1, 0.15) is 0 Å². The molecular weight excluding hydrogens is 665 g/mol. The van der Waals surface area contributed by atoms with Crippen LogP contribution < -0.4 is 20.2 Å². The second-order valence-electron chi connectivity index (χ2n) is 14.9. The number of allylic oxidation sites excluding steroid dienone is 1. The van der Waals surface area contributed by atoms with Crippen LogP contribution in [0.1, 0.15) is 65.3 Å². The standard InChI is InChI=1S/C53H50N2/c1-11-40-41(12-2)52-44-32-31-39(54(49-29-21-17-25-37(49)7)47(13-3)42-27-19-15-23-35(42)5)33-45(44)53(9,10)46(52)34-51(40)55(50-30-22-18-26-38(50)8)48(14-4)43-28-20-16-24-36(43)6/h11-34H,1-2,4,6H2,3,5,7-10H3/b47-13+,48-43+. The number of hydrogen-bond acceptors (Lipinski definition) is 2. The predicted molar refractivity (Wildman–Crippen MR) is 240 cm³/mol. The van der Waals surface area contributed by atoms with Crippen molar-refractivity contribution in [3.63, 3.8) is 0 Å². The molecule has 0 N–H and O–H groups in total. The van der Waals surface area contributed by atoms with E-state index in [0.29, 0.717) is 0 Å². The van der Waals surface area contributed by atoms with Gasteiger partial charge in [-0.2, -0.15) is 0 Å². The van der Waals surface area contributed by atoms with Gasteiger partial charge in [-0.15, -0.1) is 0 Å². The molecule has 0 heterocycles. The number of nitrogens with zero attached hydrogens (tertiary/aromatic N) is 2. The lowest BCUT2D eigenvalue weighted by Crippen LogP contribution is -2.32. The first kappa shape index (κ1) is 37.0. The van der Waals surface area contributed by atoms with Crippen molar-refractivity contribution >= 4 is 52.9 Å². The van der Waals surface area contributed by atoms with Gasteiger partial charge in [-0.3, -0.25) is 0 Å². The van der Waals surface area contributed by atoms with Gasteiger partial charge in [-0.1, -0.05) is 149 Å². The lowest BCUT2D eigenvalue weighted by molar-refractivity contribution is 0.660. The molecule has 0 aromatic heterocycles. The highest BCUT2D eigenvalue weighted by molar-refractivity contribution is 5.99. The van der Waals surface area contributed by atoms with Gasteiger partial charge in [0.05, 0.1) is 11.4 Å². The van der Waals surface area contributed by atoms with E-state index in [-0.39, 0.29) is 5.41 Å². The van der Waals surface area contributed by atoms with Crippen LogP contribution in [0.15, 0.2) is 153 Å². The summed E-state index contributed by atoms with van der Waals surface area (Å²) in [6, 6.07) is 43.5. The van der Waals surface area contributed by atoms with E-state index in [9.17, 15) is 0 Å². The molecule has 0 unspecified atom stereocenters. The molecule has 7 rings (SSSR count). The first-order valence-corrected chi connectivity index (χ1v) is 19.0. The average molecular weight is 715 g/mol. The fourth-order valence-corrected chi connectivity index (χ4v) is 8.43. The van der Waals surface area contributed by atoms with Crippen molar-refractivity contribution in [3.05, 3.63) is 208 Å². The highest BCUT2D eigenvalue weighted by Gasteiger charge is 2.39. The Bertz CT molecular complexity index is 2650. The molecule has 0 bridgehead atoms. The Morgan fingerprint density at radius 2 is 1.18 bits per heavy atom. The third kappa shape index (κ3) is 6.18. The maximum atomic E-state index is 4.42. The lowest BCUT2D eigenvalue weighted by atomic mass is 9.81. The quantitative estimate of drug-likeness (QED) is 0.139. The number of hydrogen-bond donors (Lipinski definition) is 0. The van der Waals surface area contributed by atoms with Crippen molar-refractivity contribution in [1.82, 2.24) is 0 Å². The van der Waals surface area contributed by atoms with Crippen molar-refractivity contribution in [2.24, 2.45) is 0 Å². The van der Waals surface area contributed by atoms with E-state index in [4.69, 9.17) is 0 Å². The van der Waals surface area contributed by atoms with E-state index in [1.165, 1.54) is 38.9 Å².